The van der Waals surface area contributed by atoms with E-state index < -0.39 is 0 Å². The number of piperazine rings is 1. The van der Waals surface area contributed by atoms with Gasteiger partial charge in [0.15, 0.2) is 5.11 Å². The second kappa shape index (κ2) is 7.85. The van der Waals surface area contributed by atoms with E-state index in [9.17, 15) is 0 Å². The quantitative estimate of drug-likeness (QED) is 0.779. The third-order valence-electron chi connectivity index (χ3n) is 4.08. The lowest BCUT2D eigenvalue weighted by Crippen LogP contribution is -2.50. The fourth-order valence-electron chi connectivity index (χ4n) is 2.73. The van der Waals surface area contributed by atoms with Crippen molar-refractivity contribution in [2.75, 3.05) is 43.5 Å². The zero-order valence-electron chi connectivity index (χ0n) is 13.5. The number of nitrogens with zero attached hydrogens (tertiary/aromatic N) is 2. The molecule has 0 bridgehead atoms. The van der Waals surface area contributed by atoms with Crippen molar-refractivity contribution in [1.29, 1.82) is 0 Å². The van der Waals surface area contributed by atoms with Gasteiger partial charge < -0.3 is 19.9 Å². The van der Waals surface area contributed by atoms with Crippen LogP contribution in [0.1, 0.15) is 0 Å². The van der Waals surface area contributed by atoms with Gasteiger partial charge in [-0.25, -0.2) is 0 Å². The summed E-state index contributed by atoms with van der Waals surface area (Å²) in [5.41, 5.74) is 2.23. The number of halogens is 1. The lowest BCUT2D eigenvalue weighted by atomic mass is 10.2. The summed E-state index contributed by atoms with van der Waals surface area (Å²) < 4.78 is 6.26. The van der Waals surface area contributed by atoms with Crippen LogP contribution < -0.4 is 15.0 Å². The Kier molecular flexibility index (Phi) is 5.58. The highest BCUT2D eigenvalue weighted by atomic mass is 79.9. The monoisotopic (exact) mass is 405 g/mol. The summed E-state index contributed by atoms with van der Waals surface area (Å²) in [7, 11) is 1.69. The van der Waals surface area contributed by atoms with Crippen LogP contribution in [0, 0.1) is 0 Å². The normalized spacial score (nSPS) is 14.4. The molecule has 3 rings (SSSR count). The smallest absolute Gasteiger partial charge is 0.173 e. The van der Waals surface area contributed by atoms with Crippen molar-refractivity contribution in [1.82, 2.24) is 4.90 Å². The number of hydrogen-bond acceptors (Lipinski definition) is 3. The number of benzene rings is 2. The van der Waals surface area contributed by atoms with E-state index in [1.807, 2.05) is 36.4 Å². The number of hydrogen-bond donors (Lipinski definition) is 1. The molecule has 0 aliphatic carbocycles. The van der Waals surface area contributed by atoms with Crippen molar-refractivity contribution in [3.05, 3.63) is 53.0 Å². The number of thiocarbonyl (C=S) groups is 1. The molecule has 1 heterocycles. The summed E-state index contributed by atoms with van der Waals surface area (Å²) in [5, 5.41) is 4.09. The minimum Gasteiger partial charge on any atom is -0.497 e. The van der Waals surface area contributed by atoms with Crippen molar-refractivity contribution in [2.45, 2.75) is 0 Å². The Morgan fingerprint density at radius 1 is 1.08 bits per heavy atom. The van der Waals surface area contributed by atoms with E-state index in [1.54, 1.807) is 7.11 Å². The maximum atomic E-state index is 5.55. The second-order valence-corrected chi connectivity index (χ2v) is 6.91. The van der Waals surface area contributed by atoms with E-state index in [1.165, 1.54) is 5.69 Å². The van der Waals surface area contributed by atoms with E-state index in [2.05, 4.69) is 43.2 Å². The third kappa shape index (κ3) is 4.19. The highest BCUT2D eigenvalue weighted by Gasteiger charge is 2.19. The molecule has 0 aromatic heterocycles. The molecule has 0 amide bonds. The van der Waals surface area contributed by atoms with Crippen molar-refractivity contribution in [3.63, 3.8) is 0 Å². The predicted molar refractivity (Wildman–Crippen MR) is 107 cm³/mol. The molecule has 0 spiro atoms. The first-order valence-electron chi connectivity index (χ1n) is 7.86. The van der Waals surface area contributed by atoms with Crippen LogP contribution >= 0.6 is 28.1 Å². The van der Waals surface area contributed by atoms with Crippen LogP contribution in [0.3, 0.4) is 0 Å². The van der Waals surface area contributed by atoms with Gasteiger partial charge in [-0.15, -0.1) is 0 Å². The summed E-state index contributed by atoms with van der Waals surface area (Å²) in [6.07, 6.45) is 0. The summed E-state index contributed by atoms with van der Waals surface area (Å²) in [4.78, 5) is 4.59. The summed E-state index contributed by atoms with van der Waals surface area (Å²) in [6.45, 7) is 3.72. The van der Waals surface area contributed by atoms with Crippen LogP contribution in [0.25, 0.3) is 0 Å². The molecule has 126 valence electrons. The van der Waals surface area contributed by atoms with Gasteiger partial charge >= 0.3 is 0 Å². The minimum absolute atomic E-state index is 0.780. The van der Waals surface area contributed by atoms with E-state index in [-0.39, 0.29) is 0 Å². The Hall–Kier alpha value is -1.79. The van der Waals surface area contributed by atoms with Gasteiger partial charge in [-0.3, -0.25) is 0 Å². The molecular formula is C18H20BrN3OS. The first kappa shape index (κ1) is 17.0. The molecule has 24 heavy (non-hydrogen) atoms. The topological polar surface area (TPSA) is 27.7 Å². The zero-order chi connectivity index (χ0) is 16.9. The Labute approximate surface area is 156 Å². The molecule has 2 aromatic carbocycles. The standard InChI is InChI=1S/C18H20BrN3OS/c1-23-17-7-5-16(6-8-17)21-9-11-22(12-10-21)18(24)20-15-4-2-3-14(19)13-15/h2-8,13H,9-12H2,1H3,(H,20,24). The molecular weight excluding hydrogens is 386 g/mol. The van der Waals surface area contributed by atoms with Crippen LogP contribution in [-0.2, 0) is 0 Å². The summed E-state index contributed by atoms with van der Waals surface area (Å²) in [6, 6.07) is 16.3. The summed E-state index contributed by atoms with van der Waals surface area (Å²) in [5.74, 6) is 0.886. The first-order chi connectivity index (χ1) is 11.7. The largest absolute Gasteiger partial charge is 0.497 e. The molecule has 2 aromatic rings. The molecule has 6 heteroatoms. The fraction of sp³-hybridized carbons (Fsp3) is 0.278. The van der Waals surface area contributed by atoms with Gasteiger partial charge in [0.25, 0.3) is 0 Å². The number of nitrogens with one attached hydrogen (secondary N) is 1. The SMILES string of the molecule is COc1ccc(N2CCN(C(=S)Nc3cccc(Br)c3)CC2)cc1. The van der Waals surface area contributed by atoms with Crippen LogP contribution in [0.15, 0.2) is 53.0 Å². The van der Waals surface area contributed by atoms with Gasteiger partial charge in [0, 0.05) is 42.0 Å². The maximum absolute atomic E-state index is 5.55. The highest BCUT2D eigenvalue weighted by Crippen LogP contribution is 2.21. The van der Waals surface area contributed by atoms with Gasteiger partial charge in [0.2, 0.25) is 0 Å². The molecule has 0 radical (unpaired) electrons. The maximum Gasteiger partial charge on any atom is 0.173 e. The van der Waals surface area contributed by atoms with Crippen LogP contribution in [0.4, 0.5) is 11.4 Å². The molecule has 0 saturated carbocycles. The van der Waals surface area contributed by atoms with Crippen LogP contribution in [0.5, 0.6) is 5.75 Å². The summed E-state index contributed by atoms with van der Waals surface area (Å²) >= 11 is 9.03. The van der Waals surface area contributed by atoms with Gasteiger partial charge in [-0.05, 0) is 54.7 Å². The van der Waals surface area contributed by atoms with Gasteiger partial charge in [-0.2, -0.15) is 0 Å². The molecule has 1 fully saturated rings. The Morgan fingerprint density at radius 2 is 1.79 bits per heavy atom. The van der Waals surface area contributed by atoms with Crippen molar-refractivity contribution in [2.24, 2.45) is 0 Å². The highest BCUT2D eigenvalue weighted by molar-refractivity contribution is 9.10. The van der Waals surface area contributed by atoms with E-state index in [4.69, 9.17) is 17.0 Å². The van der Waals surface area contributed by atoms with Crippen molar-refractivity contribution >= 4 is 44.6 Å². The number of rotatable bonds is 3. The lowest BCUT2D eigenvalue weighted by Gasteiger charge is -2.37. The van der Waals surface area contributed by atoms with Crippen molar-refractivity contribution < 1.29 is 4.74 Å². The van der Waals surface area contributed by atoms with Gasteiger partial charge in [0.05, 0.1) is 7.11 Å². The van der Waals surface area contributed by atoms with Gasteiger partial charge in [-0.1, -0.05) is 22.0 Å². The Bertz CT molecular complexity index is 700. The Balaban J connectivity index is 1.55. The molecule has 1 aliphatic rings. The Morgan fingerprint density at radius 3 is 2.42 bits per heavy atom. The predicted octanol–water partition coefficient (Wildman–Crippen LogP) is 3.98. The zero-order valence-corrected chi connectivity index (χ0v) is 15.9. The molecule has 1 N–H and O–H groups in total. The van der Waals surface area contributed by atoms with Crippen molar-refractivity contribution in [3.8, 4) is 5.75 Å². The number of methoxy groups -OCH3 is 1. The minimum atomic E-state index is 0.780. The molecule has 0 unspecified atom stereocenters. The average molecular weight is 406 g/mol. The second-order valence-electron chi connectivity index (χ2n) is 5.61. The molecule has 0 atom stereocenters. The average Bonchev–Trinajstić information content (AvgIpc) is 2.62. The first-order valence-corrected chi connectivity index (χ1v) is 9.06. The molecule has 1 aliphatic heterocycles. The number of anilines is 2. The number of ether oxygens (including phenoxy) is 1. The molecule has 4 nitrogen and oxygen atoms in total. The van der Waals surface area contributed by atoms with Crippen LogP contribution in [0.2, 0.25) is 0 Å². The van der Waals surface area contributed by atoms with E-state index >= 15 is 0 Å². The fourth-order valence-corrected chi connectivity index (χ4v) is 3.43. The van der Waals surface area contributed by atoms with E-state index in [0.717, 1.165) is 47.2 Å². The van der Waals surface area contributed by atoms with Gasteiger partial charge in [0.1, 0.15) is 5.75 Å². The van der Waals surface area contributed by atoms with E-state index in [0.29, 0.717) is 0 Å². The van der Waals surface area contributed by atoms with Crippen LogP contribution in [-0.4, -0.2) is 43.3 Å². The lowest BCUT2D eigenvalue weighted by molar-refractivity contribution is 0.390. The molecule has 1 saturated heterocycles. The third-order valence-corrected chi connectivity index (χ3v) is 4.93.